The summed E-state index contributed by atoms with van der Waals surface area (Å²) in [6, 6.07) is 1.69. The van der Waals surface area contributed by atoms with Crippen molar-refractivity contribution in [2.24, 2.45) is 0 Å². The van der Waals surface area contributed by atoms with Crippen LogP contribution in [0.5, 0.6) is 0 Å². The third-order valence-corrected chi connectivity index (χ3v) is 3.16. The predicted octanol–water partition coefficient (Wildman–Crippen LogP) is 1.73. The molecule has 1 fully saturated rings. The molecule has 1 saturated carbocycles. The average molecular weight is 285 g/mol. The Morgan fingerprint density at radius 1 is 1.47 bits per heavy atom. The number of nitrogens with zero attached hydrogens (tertiary/aromatic N) is 3. The number of likely N-dealkylation sites (N-methyl/N-ethyl adjacent to an activating group) is 1. The van der Waals surface area contributed by atoms with Gasteiger partial charge in [0.1, 0.15) is 16.8 Å². The topological polar surface area (TPSA) is 61.3 Å². The summed E-state index contributed by atoms with van der Waals surface area (Å²) >= 11 is 5.99. The summed E-state index contributed by atoms with van der Waals surface area (Å²) in [7, 11) is 3.86. The van der Waals surface area contributed by atoms with Crippen LogP contribution in [0.3, 0.4) is 0 Å². The molecule has 1 unspecified atom stereocenters. The van der Waals surface area contributed by atoms with E-state index in [2.05, 4.69) is 15.3 Å². The highest BCUT2D eigenvalue weighted by Crippen LogP contribution is 2.38. The summed E-state index contributed by atoms with van der Waals surface area (Å²) in [6.07, 6.45) is 2.27. The Morgan fingerprint density at radius 3 is 2.74 bits per heavy atom. The highest BCUT2D eigenvalue weighted by molar-refractivity contribution is 6.29. The highest BCUT2D eigenvalue weighted by atomic mass is 35.5. The predicted molar refractivity (Wildman–Crippen MR) is 76.7 cm³/mol. The van der Waals surface area contributed by atoms with Gasteiger partial charge in [0, 0.05) is 25.1 Å². The fourth-order valence-electron chi connectivity index (χ4n) is 2.07. The molecule has 2 rings (SSSR count). The van der Waals surface area contributed by atoms with E-state index in [0.717, 1.165) is 18.7 Å². The fraction of sp³-hybridized carbons (Fsp3) is 0.692. The second-order valence-corrected chi connectivity index (χ2v) is 6.18. The van der Waals surface area contributed by atoms with Crippen molar-refractivity contribution in [3.05, 3.63) is 17.0 Å². The minimum Gasteiger partial charge on any atom is -0.387 e. The zero-order chi connectivity index (χ0) is 14.0. The Morgan fingerprint density at radius 2 is 2.16 bits per heavy atom. The lowest BCUT2D eigenvalue weighted by atomic mass is 10.1. The third-order valence-electron chi connectivity index (χ3n) is 2.96. The second-order valence-electron chi connectivity index (χ2n) is 5.80. The molecule has 0 saturated heterocycles. The van der Waals surface area contributed by atoms with Crippen LogP contribution >= 0.6 is 11.6 Å². The van der Waals surface area contributed by atoms with Gasteiger partial charge in [-0.25, -0.2) is 9.97 Å². The van der Waals surface area contributed by atoms with Crippen molar-refractivity contribution in [3.8, 4) is 0 Å². The number of nitrogens with one attached hydrogen (secondary N) is 1. The molecule has 6 heteroatoms. The number of halogens is 1. The average Bonchev–Trinajstić information content (AvgIpc) is 3.07. The van der Waals surface area contributed by atoms with E-state index in [0.29, 0.717) is 30.0 Å². The van der Waals surface area contributed by atoms with Gasteiger partial charge >= 0.3 is 0 Å². The van der Waals surface area contributed by atoms with E-state index in [-0.39, 0.29) is 0 Å². The Balaban J connectivity index is 1.98. The van der Waals surface area contributed by atoms with E-state index in [9.17, 15) is 5.11 Å². The van der Waals surface area contributed by atoms with Gasteiger partial charge in [-0.1, -0.05) is 11.6 Å². The molecule has 5 nitrogen and oxygen atoms in total. The molecule has 0 amide bonds. The minimum atomic E-state index is -0.819. The molecule has 0 spiro atoms. The van der Waals surface area contributed by atoms with Gasteiger partial charge < -0.3 is 15.3 Å². The summed E-state index contributed by atoms with van der Waals surface area (Å²) in [5.74, 6) is 1.95. The van der Waals surface area contributed by atoms with Gasteiger partial charge in [0.25, 0.3) is 0 Å². The summed E-state index contributed by atoms with van der Waals surface area (Å²) < 4.78 is 0. The Kier molecular flexibility index (Phi) is 4.28. The van der Waals surface area contributed by atoms with Gasteiger partial charge in [-0.05, 0) is 33.9 Å². The van der Waals surface area contributed by atoms with Gasteiger partial charge in [0.15, 0.2) is 0 Å². The van der Waals surface area contributed by atoms with Gasteiger partial charge in [-0.15, -0.1) is 0 Å². The van der Waals surface area contributed by atoms with E-state index in [1.54, 1.807) is 13.0 Å². The number of aliphatic hydroxyl groups is 1. The first-order chi connectivity index (χ1) is 8.85. The van der Waals surface area contributed by atoms with Crippen LogP contribution in [-0.4, -0.2) is 52.8 Å². The van der Waals surface area contributed by atoms with Gasteiger partial charge in [-0.2, -0.15) is 0 Å². The van der Waals surface area contributed by atoms with E-state index in [4.69, 9.17) is 11.6 Å². The van der Waals surface area contributed by atoms with Crippen molar-refractivity contribution in [3.63, 3.8) is 0 Å². The molecule has 19 heavy (non-hydrogen) atoms. The molecule has 1 atom stereocenters. The van der Waals surface area contributed by atoms with Gasteiger partial charge in [0.05, 0.1) is 5.60 Å². The molecule has 1 aliphatic rings. The lowest BCUT2D eigenvalue weighted by Gasteiger charge is -2.27. The highest BCUT2D eigenvalue weighted by Gasteiger charge is 2.27. The van der Waals surface area contributed by atoms with Crippen molar-refractivity contribution in [2.45, 2.75) is 31.3 Å². The standard InChI is InChI=1S/C13H21ClN4O/c1-13(19,8-18(2)3)7-15-11-6-10(14)16-12(17-11)9-4-5-9/h6,9,19H,4-5,7-8H2,1-3H3,(H,15,16,17). The second kappa shape index (κ2) is 5.61. The van der Waals surface area contributed by atoms with E-state index >= 15 is 0 Å². The van der Waals surface area contributed by atoms with Crippen molar-refractivity contribution >= 4 is 17.4 Å². The normalized spacial score (nSPS) is 18.4. The van der Waals surface area contributed by atoms with Crippen LogP contribution in [0.2, 0.25) is 5.15 Å². The lowest BCUT2D eigenvalue weighted by molar-refractivity contribution is 0.0459. The molecule has 0 aromatic carbocycles. The van der Waals surface area contributed by atoms with E-state index in [1.807, 2.05) is 19.0 Å². The summed E-state index contributed by atoms with van der Waals surface area (Å²) in [6.45, 7) is 2.79. The number of hydrogen-bond donors (Lipinski definition) is 2. The molecular formula is C13H21ClN4O. The summed E-state index contributed by atoms with van der Waals surface area (Å²) in [5, 5.41) is 13.8. The smallest absolute Gasteiger partial charge is 0.135 e. The van der Waals surface area contributed by atoms with Crippen LogP contribution in [0.15, 0.2) is 6.07 Å². The van der Waals surface area contributed by atoms with Crippen molar-refractivity contribution in [1.82, 2.24) is 14.9 Å². The van der Waals surface area contributed by atoms with Gasteiger partial charge in [0.2, 0.25) is 0 Å². The number of aromatic nitrogens is 2. The maximum absolute atomic E-state index is 10.2. The summed E-state index contributed by atoms with van der Waals surface area (Å²) in [4.78, 5) is 10.6. The van der Waals surface area contributed by atoms with Crippen LogP contribution in [-0.2, 0) is 0 Å². The maximum Gasteiger partial charge on any atom is 0.135 e. The molecular weight excluding hydrogens is 264 g/mol. The van der Waals surface area contributed by atoms with Crippen LogP contribution < -0.4 is 5.32 Å². The molecule has 1 aromatic rings. The molecule has 2 N–H and O–H groups in total. The van der Waals surface area contributed by atoms with Crippen molar-refractivity contribution < 1.29 is 5.11 Å². The van der Waals surface area contributed by atoms with Gasteiger partial charge in [-0.3, -0.25) is 0 Å². The van der Waals surface area contributed by atoms with E-state index in [1.165, 1.54) is 0 Å². The first kappa shape index (κ1) is 14.5. The van der Waals surface area contributed by atoms with Crippen molar-refractivity contribution in [2.75, 3.05) is 32.5 Å². The summed E-state index contributed by atoms with van der Waals surface area (Å²) in [5.41, 5.74) is -0.819. The van der Waals surface area contributed by atoms with Crippen molar-refractivity contribution in [1.29, 1.82) is 0 Å². The van der Waals surface area contributed by atoms with Crippen LogP contribution in [0.25, 0.3) is 0 Å². The maximum atomic E-state index is 10.2. The Bertz CT molecular complexity index is 446. The molecule has 1 aliphatic carbocycles. The molecule has 1 heterocycles. The molecule has 0 radical (unpaired) electrons. The first-order valence-electron chi connectivity index (χ1n) is 6.51. The molecule has 0 aliphatic heterocycles. The SMILES string of the molecule is CN(C)CC(C)(O)CNc1cc(Cl)nc(C2CC2)n1. The first-order valence-corrected chi connectivity index (χ1v) is 6.89. The number of anilines is 1. The molecule has 106 valence electrons. The monoisotopic (exact) mass is 284 g/mol. The molecule has 1 aromatic heterocycles. The number of rotatable bonds is 6. The minimum absolute atomic E-state index is 0.419. The fourth-order valence-corrected chi connectivity index (χ4v) is 2.26. The van der Waals surface area contributed by atoms with Crippen LogP contribution in [0, 0.1) is 0 Å². The lowest BCUT2D eigenvalue weighted by Crippen LogP contribution is -2.43. The van der Waals surface area contributed by atoms with E-state index < -0.39 is 5.60 Å². The molecule has 0 bridgehead atoms. The van der Waals surface area contributed by atoms with Crippen LogP contribution in [0.1, 0.15) is 31.5 Å². The quantitative estimate of drug-likeness (QED) is 0.779. The number of hydrogen-bond acceptors (Lipinski definition) is 5. The Labute approximate surface area is 119 Å². The zero-order valence-electron chi connectivity index (χ0n) is 11.6. The Hall–Kier alpha value is -0.910. The largest absolute Gasteiger partial charge is 0.387 e. The third kappa shape index (κ3) is 4.60. The van der Waals surface area contributed by atoms with Crippen LogP contribution in [0.4, 0.5) is 5.82 Å². The zero-order valence-corrected chi connectivity index (χ0v) is 12.4.